The van der Waals surface area contributed by atoms with E-state index in [-0.39, 0.29) is 30.0 Å². The Bertz CT molecular complexity index is 1020. The van der Waals surface area contributed by atoms with Crippen molar-refractivity contribution in [2.75, 3.05) is 66.8 Å². The predicted octanol–water partition coefficient (Wildman–Crippen LogP) is 2.75. The number of carbonyl (C=O) groups excluding carboxylic acids is 2. The number of benzene rings is 1. The van der Waals surface area contributed by atoms with Gasteiger partial charge in [-0.1, -0.05) is 12.1 Å². The first-order chi connectivity index (χ1) is 17.9. The van der Waals surface area contributed by atoms with Gasteiger partial charge in [-0.3, -0.25) is 19.7 Å². The van der Waals surface area contributed by atoms with Gasteiger partial charge in [0.2, 0.25) is 5.91 Å². The van der Waals surface area contributed by atoms with E-state index in [9.17, 15) is 19.7 Å². The highest BCUT2D eigenvalue weighted by Gasteiger charge is 2.27. The average molecular weight is 535 g/mol. The molecule has 11 nitrogen and oxygen atoms in total. The zero-order valence-corrected chi connectivity index (χ0v) is 22.1. The second kappa shape index (κ2) is 14.7. The molecule has 0 saturated carbocycles. The summed E-state index contributed by atoms with van der Waals surface area (Å²) >= 11 is 1.48. The highest BCUT2D eigenvalue weighted by Crippen LogP contribution is 2.30. The van der Waals surface area contributed by atoms with E-state index in [1.807, 2.05) is 4.90 Å². The number of likely N-dealkylation sites (N-methyl/N-ethyl adjacent to an activating group) is 1. The minimum Gasteiger partial charge on any atom is -0.382 e. The van der Waals surface area contributed by atoms with Crippen molar-refractivity contribution in [3.05, 3.63) is 56.0 Å². The van der Waals surface area contributed by atoms with Crippen molar-refractivity contribution in [1.29, 1.82) is 0 Å². The van der Waals surface area contributed by atoms with Gasteiger partial charge >= 0.3 is 0 Å². The highest BCUT2D eigenvalue weighted by molar-refractivity contribution is 7.09. The number of hydrogen-bond acceptors (Lipinski definition) is 9. The number of piperidine rings is 1. The van der Waals surface area contributed by atoms with Gasteiger partial charge in [0.05, 0.1) is 36.4 Å². The van der Waals surface area contributed by atoms with Crippen molar-refractivity contribution >= 4 is 28.8 Å². The van der Waals surface area contributed by atoms with Gasteiger partial charge in [-0.05, 0) is 24.8 Å². The zero-order valence-electron chi connectivity index (χ0n) is 21.3. The molecule has 37 heavy (non-hydrogen) atoms. The first-order valence-corrected chi connectivity index (χ1v) is 13.1. The largest absolute Gasteiger partial charge is 0.382 e. The number of amides is 2. The molecule has 0 bridgehead atoms. The second-order valence-electron chi connectivity index (χ2n) is 8.78. The van der Waals surface area contributed by atoms with Crippen LogP contribution in [0.25, 0.3) is 0 Å². The number of nitro benzene ring substituents is 1. The quantitative estimate of drug-likeness (QED) is 0.206. The van der Waals surface area contributed by atoms with E-state index >= 15 is 0 Å². The molecule has 1 aromatic heterocycles. The van der Waals surface area contributed by atoms with Crippen LogP contribution in [0.5, 0.6) is 0 Å². The predicted molar refractivity (Wildman–Crippen MR) is 138 cm³/mol. The molecule has 202 valence electrons. The maximum atomic E-state index is 12.8. The number of non-ortho nitro benzene ring substituents is 1. The number of nitro groups is 1. The minimum atomic E-state index is -0.431. The maximum Gasteiger partial charge on any atom is 0.273 e. The normalized spacial score (nSPS) is 14.1. The van der Waals surface area contributed by atoms with Crippen molar-refractivity contribution in [2.24, 2.45) is 0 Å². The highest BCUT2D eigenvalue weighted by atomic mass is 32.1. The van der Waals surface area contributed by atoms with Crippen LogP contribution in [0.1, 0.15) is 39.8 Å². The molecular formula is C25H34N4O7S. The summed E-state index contributed by atoms with van der Waals surface area (Å²) in [5, 5.41) is 13.5. The third kappa shape index (κ3) is 8.85. The van der Waals surface area contributed by atoms with Crippen LogP contribution in [0, 0.1) is 10.1 Å². The van der Waals surface area contributed by atoms with Crippen LogP contribution in [0.2, 0.25) is 0 Å². The van der Waals surface area contributed by atoms with Crippen LogP contribution in [-0.4, -0.2) is 98.3 Å². The van der Waals surface area contributed by atoms with Gasteiger partial charge in [0.1, 0.15) is 12.3 Å². The summed E-state index contributed by atoms with van der Waals surface area (Å²) in [6.45, 7) is 3.61. The first kappa shape index (κ1) is 28.6. The summed E-state index contributed by atoms with van der Waals surface area (Å²) in [5.74, 6) is 0.0384. The van der Waals surface area contributed by atoms with E-state index in [1.165, 1.54) is 23.5 Å². The molecule has 3 rings (SSSR count). The van der Waals surface area contributed by atoms with Crippen LogP contribution in [0.15, 0.2) is 29.6 Å². The SMILES string of the molecule is COCCOCCOCC(=O)N1CCC(c2nc(C(=O)N(C)CCc3ccc([N+](=O)[O-])cc3)cs2)CC1. The number of thiazole rings is 1. The van der Waals surface area contributed by atoms with Crippen molar-refractivity contribution in [3.8, 4) is 0 Å². The van der Waals surface area contributed by atoms with Gasteiger partial charge in [0, 0.05) is 57.2 Å². The lowest BCUT2D eigenvalue weighted by Gasteiger charge is -2.31. The monoisotopic (exact) mass is 534 g/mol. The number of aromatic nitrogens is 1. The number of methoxy groups -OCH3 is 1. The number of ether oxygens (including phenoxy) is 3. The van der Waals surface area contributed by atoms with Crippen molar-refractivity contribution < 1.29 is 28.7 Å². The summed E-state index contributed by atoms with van der Waals surface area (Å²) in [6.07, 6.45) is 2.18. The number of carbonyl (C=O) groups is 2. The third-order valence-electron chi connectivity index (χ3n) is 6.20. The molecule has 1 fully saturated rings. The van der Waals surface area contributed by atoms with E-state index < -0.39 is 4.92 Å². The lowest BCUT2D eigenvalue weighted by Crippen LogP contribution is -2.40. The molecule has 1 aliphatic rings. The van der Waals surface area contributed by atoms with Crippen LogP contribution in [0.4, 0.5) is 5.69 Å². The summed E-state index contributed by atoms with van der Waals surface area (Å²) in [7, 11) is 3.34. The fourth-order valence-corrected chi connectivity index (χ4v) is 4.91. The van der Waals surface area contributed by atoms with Crippen LogP contribution >= 0.6 is 11.3 Å². The summed E-state index contributed by atoms with van der Waals surface area (Å²) in [4.78, 5) is 43.6. The Morgan fingerprint density at radius 1 is 1.14 bits per heavy atom. The fourth-order valence-electron chi connectivity index (χ4n) is 3.94. The van der Waals surface area contributed by atoms with E-state index in [1.54, 1.807) is 36.6 Å². The van der Waals surface area contributed by atoms with E-state index in [2.05, 4.69) is 4.98 Å². The molecule has 2 heterocycles. The lowest BCUT2D eigenvalue weighted by atomic mass is 9.97. The number of hydrogen-bond donors (Lipinski definition) is 0. The molecule has 0 N–H and O–H groups in total. The number of rotatable bonds is 14. The van der Waals surface area contributed by atoms with Gasteiger partial charge in [0.15, 0.2) is 0 Å². The molecule has 0 atom stereocenters. The molecule has 2 aromatic rings. The molecular weight excluding hydrogens is 500 g/mol. The average Bonchev–Trinajstić information content (AvgIpc) is 3.41. The lowest BCUT2D eigenvalue weighted by molar-refractivity contribution is -0.384. The van der Waals surface area contributed by atoms with E-state index in [4.69, 9.17) is 14.2 Å². The smallest absolute Gasteiger partial charge is 0.273 e. The van der Waals surface area contributed by atoms with Gasteiger partial charge in [-0.25, -0.2) is 4.98 Å². The van der Waals surface area contributed by atoms with Crippen molar-refractivity contribution in [3.63, 3.8) is 0 Å². The Kier molecular flexibility index (Phi) is 11.4. The fraction of sp³-hybridized carbons (Fsp3) is 0.560. The summed E-state index contributed by atoms with van der Waals surface area (Å²) in [6, 6.07) is 6.35. The molecule has 1 aliphatic heterocycles. The third-order valence-corrected chi connectivity index (χ3v) is 7.20. The zero-order chi connectivity index (χ0) is 26.6. The second-order valence-corrected chi connectivity index (χ2v) is 9.67. The molecule has 2 amide bonds. The van der Waals surface area contributed by atoms with E-state index in [0.29, 0.717) is 58.2 Å². The number of nitrogens with zero attached hydrogens (tertiary/aromatic N) is 4. The Morgan fingerprint density at radius 2 is 1.81 bits per heavy atom. The molecule has 1 aromatic carbocycles. The van der Waals surface area contributed by atoms with Gasteiger partial charge < -0.3 is 24.0 Å². The molecule has 0 unspecified atom stereocenters. The Hall–Kier alpha value is -2.93. The topological polar surface area (TPSA) is 124 Å². The molecule has 12 heteroatoms. The number of likely N-dealkylation sites (tertiary alicyclic amines) is 1. The Balaban J connectivity index is 1.39. The van der Waals surface area contributed by atoms with Crippen molar-refractivity contribution in [2.45, 2.75) is 25.2 Å². The Morgan fingerprint density at radius 3 is 2.49 bits per heavy atom. The molecule has 0 aliphatic carbocycles. The minimum absolute atomic E-state index is 0.0278. The van der Waals surface area contributed by atoms with E-state index in [0.717, 1.165) is 23.4 Å². The van der Waals surface area contributed by atoms with Gasteiger partial charge in [0.25, 0.3) is 11.6 Å². The molecule has 0 spiro atoms. The van der Waals surface area contributed by atoms with Crippen molar-refractivity contribution in [1.82, 2.24) is 14.8 Å². The van der Waals surface area contributed by atoms with Gasteiger partial charge in [-0.15, -0.1) is 11.3 Å². The van der Waals surface area contributed by atoms with Crippen LogP contribution < -0.4 is 0 Å². The maximum absolute atomic E-state index is 12.8. The van der Waals surface area contributed by atoms with Gasteiger partial charge in [-0.2, -0.15) is 0 Å². The standard InChI is InChI=1S/C25H34N4O7S/c1-27(10-7-19-3-5-21(6-4-19)29(32)33)25(31)22-18-37-24(26-22)20-8-11-28(12-9-20)23(30)17-36-16-15-35-14-13-34-2/h3-6,18,20H,7-17H2,1-2H3. The summed E-state index contributed by atoms with van der Waals surface area (Å²) < 4.78 is 15.6. The molecule has 0 radical (unpaired) electrons. The summed E-state index contributed by atoms with van der Waals surface area (Å²) in [5.41, 5.74) is 1.39. The Labute approximate surface area is 220 Å². The first-order valence-electron chi connectivity index (χ1n) is 12.3. The molecule has 1 saturated heterocycles. The van der Waals surface area contributed by atoms with Crippen LogP contribution in [0.3, 0.4) is 0 Å². The van der Waals surface area contributed by atoms with Crippen LogP contribution in [-0.2, 0) is 25.4 Å².